The topological polar surface area (TPSA) is 118 Å². The standard InChI is InChI=1S/C27H29Cl2FN4O2.C21H27Cl2FN4O/c1-3-21-24(19-11-10-18(28)14-20(19)29)31-22(4-2)26(32-21)33-23-16-34(15-17-8-6-5-7-9-17)27(35)25(23)36-13-12-30;1-4-16-20(14-7-6-13(22)10-15(14)23)25-17(5-2)21(26-16)27-18-11-28(3)12-19(18)29-9-8-24/h5-11,14,23,25H,3-4,12-13,15-16H2,1-2H3,(H,32,33);6-7,10,18-19H,4-5,8-9,11-12H2,1-3H3,(H,26,27)/t23-,25-;18-,19-/m11/s1. The van der Waals surface area contributed by atoms with Crippen molar-refractivity contribution in [2.75, 3.05) is 63.9 Å². The molecular weight excluding hydrogens is 916 g/mol. The smallest absolute Gasteiger partial charge is 0.254 e. The molecule has 2 aliphatic rings. The Labute approximate surface area is 400 Å². The van der Waals surface area contributed by atoms with E-state index in [0.29, 0.717) is 64.0 Å². The largest absolute Gasteiger partial charge is 0.372 e. The fraction of sp³-hybridized carbons (Fsp3) is 0.438. The van der Waals surface area contributed by atoms with Gasteiger partial charge in [-0.05, 0) is 74.7 Å². The zero-order valence-electron chi connectivity index (χ0n) is 37.3. The number of carbonyl (C=O) groups is 1. The van der Waals surface area contributed by atoms with E-state index in [2.05, 4.69) is 15.5 Å². The maximum atomic E-state index is 13.2. The van der Waals surface area contributed by atoms with Gasteiger partial charge in [-0.3, -0.25) is 4.79 Å². The van der Waals surface area contributed by atoms with Crippen molar-refractivity contribution in [2.45, 2.75) is 84.2 Å². The van der Waals surface area contributed by atoms with Gasteiger partial charge in [-0.15, -0.1) is 0 Å². The third-order valence-corrected chi connectivity index (χ3v) is 12.3. The van der Waals surface area contributed by atoms with Crippen molar-refractivity contribution in [3.05, 3.63) is 115 Å². The number of likely N-dealkylation sites (tertiary alicyclic amines) is 2. The minimum Gasteiger partial charge on any atom is -0.372 e. The molecule has 4 atom stereocenters. The molecule has 0 radical (unpaired) electrons. The predicted molar refractivity (Wildman–Crippen MR) is 258 cm³/mol. The molecule has 5 aromatic rings. The van der Waals surface area contributed by atoms with Crippen molar-refractivity contribution in [2.24, 2.45) is 0 Å². The number of likely N-dealkylation sites (N-methyl/N-ethyl adjacent to an activating group) is 1. The molecule has 2 aliphatic heterocycles. The minimum atomic E-state index is -0.813. The second-order valence-corrected chi connectivity index (χ2v) is 17.5. The van der Waals surface area contributed by atoms with Gasteiger partial charge in [-0.2, -0.15) is 0 Å². The van der Waals surface area contributed by atoms with Gasteiger partial charge in [0.1, 0.15) is 25.0 Å². The number of nitrogens with one attached hydrogen (secondary N) is 2. The lowest BCUT2D eigenvalue weighted by Gasteiger charge is -2.23. The van der Waals surface area contributed by atoms with E-state index >= 15 is 0 Å². The van der Waals surface area contributed by atoms with Crippen LogP contribution in [0, 0.1) is 0 Å². The highest BCUT2D eigenvalue weighted by Gasteiger charge is 2.42. The lowest BCUT2D eigenvalue weighted by Crippen LogP contribution is -2.37. The van der Waals surface area contributed by atoms with E-state index in [0.717, 1.165) is 70.5 Å². The molecule has 65 heavy (non-hydrogen) atoms. The third kappa shape index (κ3) is 12.6. The van der Waals surface area contributed by atoms with Crippen molar-refractivity contribution in [1.82, 2.24) is 29.7 Å². The number of halogens is 6. The summed E-state index contributed by atoms with van der Waals surface area (Å²) in [6.45, 7) is 9.32. The highest BCUT2D eigenvalue weighted by Crippen LogP contribution is 2.35. The van der Waals surface area contributed by atoms with Crippen LogP contribution in [0.4, 0.5) is 20.4 Å². The summed E-state index contributed by atoms with van der Waals surface area (Å²) in [4.78, 5) is 36.7. The number of aryl methyl sites for hydroxylation is 4. The molecule has 1 amide bonds. The van der Waals surface area contributed by atoms with E-state index in [9.17, 15) is 13.6 Å². The van der Waals surface area contributed by atoms with Gasteiger partial charge in [0.25, 0.3) is 5.91 Å². The fourth-order valence-electron chi connectivity index (χ4n) is 8.04. The summed E-state index contributed by atoms with van der Waals surface area (Å²) in [5.74, 6) is 1.18. The van der Waals surface area contributed by atoms with E-state index < -0.39 is 25.5 Å². The number of nitrogens with zero attached hydrogens (tertiary/aromatic N) is 6. The maximum absolute atomic E-state index is 13.2. The van der Waals surface area contributed by atoms with Gasteiger partial charge in [0, 0.05) is 47.4 Å². The number of carbonyl (C=O) groups excluding carboxylic acids is 1. The molecule has 7 rings (SSSR count). The van der Waals surface area contributed by atoms with Crippen LogP contribution in [0.3, 0.4) is 0 Å². The van der Waals surface area contributed by atoms with Crippen LogP contribution in [0.5, 0.6) is 0 Å². The number of rotatable bonds is 18. The summed E-state index contributed by atoms with van der Waals surface area (Å²) >= 11 is 25.0. The first-order chi connectivity index (χ1) is 31.4. The van der Waals surface area contributed by atoms with E-state index in [1.807, 2.05) is 83.3 Å². The van der Waals surface area contributed by atoms with Gasteiger partial charge in [-0.25, -0.2) is 28.7 Å². The number of anilines is 2. The molecule has 348 valence electrons. The monoisotopic (exact) mass is 970 g/mol. The second kappa shape index (κ2) is 24.0. The Bertz CT molecular complexity index is 2390. The van der Waals surface area contributed by atoms with Gasteiger partial charge >= 0.3 is 0 Å². The van der Waals surface area contributed by atoms with Crippen LogP contribution in [-0.4, -0.2) is 113 Å². The minimum absolute atomic E-state index is 0.0285. The molecule has 0 aliphatic carbocycles. The Balaban J connectivity index is 0.000000221. The molecule has 4 heterocycles. The lowest BCUT2D eigenvalue weighted by molar-refractivity contribution is -0.138. The molecule has 2 saturated heterocycles. The van der Waals surface area contributed by atoms with Crippen LogP contribution in [-0.2, 0) is 46.5 Å². The van der Waals surface area contributed by atoms with Crippen molar-refractivity contribution in [3.8, 4) is 22.5 Å². The van der Waals surface area contributed by atoms with Crippen LogP contribution in [0.25, 0.3) is 22.5 Å². The normalized spacial score (nSPS) is 18.5. The summed E-state index contributed by atoms with van der Waals surface area (Å²) < 4.78 is 36.9. The molecule has 0 bridgehead atoms. The SMILES string of the molecule is CCc1nc(-c2ccc(Cl)cc2Cl)c(CC)nc1N[C@@H]1CN(C)C[C@H]1OCCF.CCc1nc(-c2ccc(Cl)cc2Cl)c(CC)nc1N[C@@H]1CN(Cc2ccccc2)C(=O)[C@@H]1OCCF. The summed E-state index contributed by atoms with van der Waals surface area (Å²) in [5, 5.41) is 9.11. The zero-order valence-corrected chi connectivity index (χ0v) is 40.3. The Morgan fingerprint density at radius 3 is 1.65 bits per heavy atom. The highest BCUT2D eigenvalue weighted by molar-refractivity contribution is 6.37. The Morgan fingerprint density at radius 2 is 1.15 bits per heavy atom. The number of alkyl halides is 2. The molecular formula is C48H56Cl4F2N8O3. The third-order valence-electron chi connectivity index (χ3n) is 11.2. The first kappa shape index (κ1) is 50.2. The quantitative estimate of drug-likeness (QED) is 0.0879. The summed E-state index contributed by atoms with van der Waals surface area (Å²) in [6, 6.07) is 20.1. The molecule has 11 nitrogen and oxygen atoms in total. The second-order valence-electron chi connectivity index (χ2n) is 15.8. The molecule has 2 fully saturated rings. The Hall–Kier alpha value is -4.21. The number of benzene rings is 3. The van der Waals surface area contributed by atoms with Gasteiger partial charge in [-0.1, -0.05) is 104 Å². The van der Waals surface area contributed by atoms with Crippen molar-refractivity contribution in [1.29, 1.82) is 0 Å². The molecule has 0 saturated carbocycles. The first-order valence-electron chi connectivity index (χ1n) is 22.0. The van der Waals surface area contributed by atoms with Gasteiger partial charge < -0.3 is 29.9 Å². The average Bonchev–Trinajstić information content (AvgIpc) is 3.80. The van der Waals surface area contributed by atoms with E-state index in [-0.39, 0.29) is 31.3 Å². The molecule has 0 spiro atoms. The van der Waals surface area contributed by atoms with Gasteiger partial charge in [0.15, 0.2) is 6.10 Å². The Kier molecular flexibility index (Phi) is 18.5. The molecule has 3 aromatic carbocycles. The van der Waals surface area contributed by atoms with Crippen molar-refractivity contribution < 1.29 is 23.0 Å². The zero-order chi connectivity index (χ0) is 46.6. The molecule has 2 aromatic heterocycles. The van der Waals surface area contributed by atoms with Crippen molar-refractivity contribution >= 4 is 63.9 Å². The van der Waals surface area contributed by atoms with E-state index in [4.69, 9.17) is 75.8 Å². The van der Waals surface area contributed by atoms with Gasteiger partial charge in [0.05, 0.1) is 75.6 Å². The lowest BCUT2D eigenvalue weighted by atomic mass is 10.1. The van der Waals surface area contributed by atoms with Crippen LogP contribution >= 0.6 is 46.4 Å². The number of hydrogen-bond acceptors (Lipinski definition) is 10. The van der Waals surface area contributed by atoms with Gasteiger partial charge in [0.2, 0.25) is 0 Å². The van der Waals surface area contributed by atoms with E-state index in [1.165, 1.54) is 0 Å². The highest BCUT2D eigenvalue weighted by atomic mass is 35.5. The van der Waals surface area contributed by atoms with Crippen LogP contribution < -0.4 is 10.6 Å². The molecule has 0 unspecified atom stereocenters. The van der Waals surface area contributed by atoms with Crippen LogP contribution in [0.2, 0.25) is 20.1 Å². The summed E-state index contributed by atoms with van der Waals surface area (Å²) in [5.41, 5.74) is 7.33. The number of amides is 1. The summed E-state index contributed by atoms with van der Waals surface area (Å²) in [7, 11) is 2.03. The fourth-order valence-corrected chi connectivity index (χ4v) is 9.04. The predicted octanol–water partition coefficient (Wildman–Crippen LogP) is 10.4. The molecule has 17 heteroatoms. The Morgan fingerprint density at radius 1 is 0.646 bits per heavy atom. The first-order valence-corrected chi connectivity index (χ1v) is 23.5. The molecule has 2 N–H and O–H groups in total. The number of aromatic nitrogens is 4. The van der Waals surface area contributed by atoms with Crippen molar-refractivity contribution in [3.63, 3.8) is 0 Å². The maximum Gasteiger partial charge on any atom is 0.254 e. The number of ether oxygens (including phenoxy) is 2. The number of hydrogen-bond donors (Lipinski definition) is 2. The summed E-state index contributed by atoms with van der Waals surface area (Å²) in [6.07, 6.45) is 1.78. The van der Waals surface area contributed by atoms with Crippen LogP contribution in [0.15, 0.2) is 66.7 Å². The van der Waals surface area contributed by atoms with E-state index in [1.54, 1.807) is 23.1 Å². The van der Waals surface area contributed by atoms with Crippen LogP contribution in [0.1, 0.15) is 56.0 Å². The average molecular weight is 973 g/mol.